The molecule has 0 aliphatic heterocycles. The molecular formula is C12H16N4O. The summed E-state index contributed by atoms with van der Waals surface area (Å²) < 4.78 is 7.41. The standard InChI is InChI=1S/C12H16N4O/c1-3-4-16-8-10(7-15-16)17-12-5-11(13)9(2)6-14-12/h5-8H,3-4H2,1-2H3,(H2,13,14). The minimum absolute atomic E-state index is 0.490. The van der Waals surface area contributed by atoms with Crippen LogP contribution in [-0.4, -0.2) is 14.8 Å². The highest BCUT2D eigenvalue weighted by molar-refractivity contribution is 5.47. The van der Waals surface area contributed by atoms with Crippen LogP contribution in [0.3, 0.4) is 0 Å². The Morgan fingerprint density at radius 3 is 2.94 bits per heavy atom. The van der Waals surface area contributed by atoms with E-state index in [0.29, 0.717) is 17.3 Å². The highest BCUT2D eigenvalue weighted by atomic mass is 16.5. The van der Waals surface area contributed by atoms with Crippen molar-refractivity contribution in [3.8, 4) is 11.6 Å². The second-order valence-electron chi connectivity index (χ2n) is 3.92. The molecule has 0 radical (unpaired) electrons. The summed E-state index contributed by atoms with van der Waals surface area (Å²) >= 11 is 0. The van der Waals surface area contributed by atoms with Gasteiger partial charge in [-0.3, -0.25) is 4.68 Å². The van der Waals surface area contributed by atoms with Crippen molar-refractivity contribution >= 4 is 5.69 Å². The number of rotatable bonds is 4. The molecule has 0 bridgehead atoms. The fraction of sp³-hybridized carbons (Fsp3) is 0.333. The summed E-state index contributed by atoms with van der Waals surface area (Å²) in [4.78, 5) is 4.15. The Bertz CT molecular complexity index is 507. The number of anilines is 1. The monoisotopic (exact) mass is 232 g/mol. The predicted octanol–water partition coefficient (Wildman–Crippen LogP) is 2.37. The van der Waals surface area contributed by atoms with Crippen LogP contribution in [0.5, 0.6) is 11.6 Å². The Labute approximate surface area is 100 Å². The number of ether oxygens (including phenoxy) is 1. The first-order valence-corrected chi connectivity index (χ1v) is 5.61. The van der Waals surface area contributed by atoms with Crippen molar-refractivity contribution in [1.29, 1.82) is 0 Å². The maximum absolute atomic E-state index is 5.79. The number of nitrogens with two attached hydrogens (primary N) is 1. The summed E-state index contributed by atoms with van der Waals surface area (Å²) in [6, 6.07) is 1.71. The zero-order valence-electron chi connectivity index (χ0n) is 10.1. The van der Waals surface area contributed by atoms with E-state index in [4.69, 9.17) is 10.5 Å². The Morgan fingerprint density at radius 2 is 2.24 bits per heavy atom. The van der Waals surface area contributed by atoms with Gasteiger partial charge in [0.1, 0.15) is 0 Å². The van der Waals surface area contributed by atoms with Crippen LogP contribution in [0.1, 0.15) is 18.9 Å². The normalized spacial score (nSPS) is 10.5. The van der Waals surface area contributed by atoms with Crippen LogP contribution in [-0.2, 0) is 6.54 Å². The maximum Gasteiger partial charge on any atom is 0.221 e. The molecule has 2 N–H and O–H groups in total. The van der Waals surface area contributed by atoms with Crippen LogP contribution in [0.4, 0.5) is 5.69 Å². The molecule has 0 atom stereocenters. The summed E-state index contributed by atoms with van der Waals surface area (Å²) in [7, 11) is 0. The summed E-state index contributed by atoms with van der Waals surface area (Å²) in [5.74, 6) is 1.17. The molecule has 2 aromatic rings. The number of hydrogen-bond donors (Lipinski definition) is 1. The fourth-order valence-corrected chi connectivity index (χ4v) is 1.44. The Kier molecular flexibility index (Phi) is 3.27. The second-order valence-corrected chi connectivity index (χ2v) is 3.92. The average Bonchev–Trinajstić information content (AvgIpc) is 2.72. The van der Waals surface area contributed by atoms with Crippen LogP contribution in [0, 0.1) is 6.92 Å². The van der Waals surface area contributed by atoms with Crippen LogP contribution in [0.2, 0.25) is 0 Å². The first-order valence-electron chi connectivity index (χ1n) is 5.61. The lowest BCUT2D eigenvalue weighted by molar-refractivity contribution is 0.461. The Morgan fingerprint density at radius 1 is 1.41 bits per heavy atom. The highest BCUT2D eigenvalue weighted by Gasteiger charge is 2.03. The third kappa shape index (κ3) is 2.75. The van der Waals surface area contributed by atoms with Gasteiger partial charge in [-0.25, -0.2) is 4.98 Å². The van der Waals surface area contributed by atoms with Crippen LogP contribution in [0.15, 0.2) is 24.7 Å². The van der Waals surface area contributed by atoms with Crippen molar-refractivity contribution in [2.24, 2.45) is 0 Å². The van der Waals surface area contributed by atoms with E-state index in [1.54, 1.807) is 18.5 Å². The Balaban J connectivity index is 2.11. The quantitative estimate of drug-likeness (QED) is 0.878. The molecule has 2 rings (SSSR count). The molecule has 5 nitrogen and oxygen atoms in total. The van der Waals surface area contributed by atoms with Crippen molar-refractivity contribution in [2.45, 2.75) is 26.8 Å². The maximum atomic E-state index is 5.79. The van der Waals surface area contributed by atoms with Gasteiger partial charge in [-0.1, -0.05) is 6.92 Å². The van der Waals surface area contributed by atoms with Crippen LogP contribution in [0.25, 0.3) is 0 Å². The lowest BCUT2D eigenvalue weighted by Crippen LogP contribution is -1.96. The molecule has 0 aliphatic carbocycles. The van der Waals surface area contributed by atoms with E-state index in [-0.39, 0.29) is 0 Å². The van der Waals surface area contributed by atoms with Gasteiger partial charge < -0.3 is 10.5 Å². The van der Waals surface area contributed by atoms with Crippen LogP contribution >= 0.6 is 0 Å². The molecule has 5 heteroatoms. The van der Waals surface area contributed by atoms with Gasteiger partial charge in [0.25, 0.3) is 0 Å². The van der Waals surface area contributed by atoms with Crippen molar-refractivity contribution in [2.75, 3.05) is 5.73 Å². The van der Waals surface area contributed by atoms with Crippen LogP contribution < -0.4 is 10.5 Å². The number of nitrogens with zero attached hydrogens (tertiary/aromatic N) is 3. The highest BCUT2D eigenvalue weighted by Crippen LogP contribution is 2.21. The van der Waals surface area contributed by atoms with E-state index in [1.165, 1.54) is 0 Å². The lowest BCUT2D eigenvalue weighted by atomic mass is 10.3. The molecule has 17 heavy (non-hydrogen) atoms. The number of aryl methyl sites for hydroxylation is 2. The van der Waals surface area contributed by atoms with Crippen molar-refractivity contribution in [3.05, 3.63) is 30.2 Å². The molecule has 0 fully saturated rings. The fourth-order valence-electron chi connectivity index (χ4n) is 1.44. The smallest absolute Gasteiger partial charge is 0.221 e. The van der Waals surface area contributed by atoms with Gasteiger partial charge in [0.2, 0.25) is 5.88 Å². The summed E-state index contributed by atoms with van der Waals surface area (Å²) in [6.45, 7) is 4.89. The molecule has 0 saturated carbocycles. The van der Waals surface area contributed by atoms with Gasteiger partial charge in [-0.05, 0) is 18.9 Å². The molecule has 0 spiro atoms. The molecule has 0 unspecified atom stereocenters. The molecule has 2 aromatic heterocycles. The molecule has 90 valence electrons. The second kappa shape index (κ2) is 4.86. The van der Waals surface area contributed by atoms with E-state index >= 15 is 0 Å². The zero-order valence-corrected chi connectivity index (χ0v) is 10.1. The zero-order chi connectivity index (χ0) is 12.3. The van der Waals surface area contributed by atoms with Crippen molar-refractivity contribution in [3.63, 3.8) is 0 Å². The SMILES string of the molecule is CCCn1cc(Oc2cc(N)c(C)cn2)cn1. The van der Waals surface area contributed by atoms with E-state index in [0.717, 1.165) is 18.5 Å². The molecule has 0 aromatic carbocycles. The molecule has 2 heterocycles. The largest absolute Gasteiger partial charge is 0.436 e. The van der Waals surface area contributed by atoms with Gasteiger partial charge in [0, 0.05) is 24.5 Å². The molecular weight excluding hydrogens is 216 g/mol. The van der Waals surface area contributed by atoms with E-state index in [2.05, 4.69) is 17.0 Å². The van der Waals surface area contributed by atoms with E-state index < -0.39 is 0 Å². The van der Waals surface area contributed by atoms with Crippen molar-refractivity contribution in [1.82, 2.24) is 14.8 Å². The van der Waals surface area contributed by atoms with E-state index in [1.807, 2.05) is 17.8 Å². The molecule has 0 saturated heterocycles. The first kappa shape index (κ1) is 11.4. The first-order chi connectivity index (χ1) is 8.19. The third-order valence-electron chi connectivity index (χ3n) is 2.40. The van der Waals surface area contributed by atoms with Gasteiger partial charge in [0.05, 0.1) is 12.4 Å². The topological polar surface area (TPSA) is 66.0 Å². The summed E-state index contributed by atoms with van der Waals surface area (Å²) in [5, 5.41) is 4.17. The van der Waals surface area contributed by atoms with Gasteiger partial charge in [0.15, 0.2) is 5.75 Å². The van der Waals surface area contributed by atoms with E-state index in [9.17, 15) is 0 Å². The number of aromatic nitrogens is 3. The summed E-state index contributed by atoms with van der Waals surface area (Å²) in [6.07, 6.45) is 6.26. The lowest BCUT2D eigenvalue weighted by Gasteiger charge is -2.04. The van der Waals surface area contributed by atoms with Gasteiger partial charge in [-0.2, -0.15) is 5.10 Å². The Hall–Kier alpha value is -2.04. The van der Waals surface area contributed by atoms with Gasteiger partial charge in [-0.15, -0.1) is 0 Å². The number of nitrogen functional groups attached to an aromatic ring is 1. The third-order valence-corrected chi connectivity index (χ3v) is 2.40. The molecule has 0 aliphatic rings. The summed E-state index contributed by atoms with van der Waals surface area (Å²) in [5.41, 5.74) is 7.41. The predicted molar refractivity (Wildman–Crippen MR) is 66.0 cm³/mol. The van der Waals surface area contributed by atoms with Crippen molar-refractivity contribution < 1.29 is 4.74 Å². The van der Waals surface area contributed by atoms with Gasteiger partial charge >= 0.3 is 0 Å². The minimum atomic E-state index is 0.490. The number of pyridine rings is 1. The molecule has 0 amide bonds. The minimum Gasteiger partial charge on any atom is -0.436 e. The average molecular weight is 232 g/mol. The number of hydrogen-bond acceptors (Lipinski definition) is 4.